The molecule has 1 heterocycles. The van der Waals surface area contributed by atoms with Crippen molar-refractivity contribution in [3.63, 3.8) is 0 Å². The molecular weight excluding hydrogens is 306 g/mol. The summed E-state index contributed by atoms with van der Waals surface area (Å²) in [6, 6.07) is 5.03. The van der Waals surface area contributed by atoms with E-state index in [1.807, 2.05) is 4.90 Å². The lowest BCUT2D eigenvalue weighted by Crippen LogP contribution is -2.44. The van der Waals surface area contributed by atoms with Gasteiger partial charge in [0.1, 0.15) is 5.75 Å². The van der Waals surface area contributed by atoms with Crippen LogP contribution >= 0.6 is 11.6 Å². The Bertz CT molecular complexity index is 565. The molecule has 1 aliphatic heterocycles. The van der Waals surface area contributed by atoms with E-state index in [1.165, 1.54) is 7.11 Å². The standard InChI is InChI=1S/C15H20ClN3O3/c1-22-13-5-4-11(16)7-12(13)18-14(20)9-19-6-2-3-10(8-19)15(17)21/h4-5,7,10H,2-3,6,8-9H2,1H3,(H2,17,21)(H,18,20)/t10-/m1/s1. The lowest BCUT2D eigenvalue weighted by molar-refractivity contribution is -0.125. The maximum Gasteiger partial charge on any atom is 0.238 e. The Kier molecular flexibility index (Phi) is 5.63. The molecule has 7 heteroatoms. The molecule has 22 heavy (non-hydrogen) atoms. The topological polar surface area (TPSA) is 84.7 Å². The van der Waals surface area contributed by atoms with Crippen LogP contribution in [0.25, 0.3) is 0 Å². The fourth-order valence-electron chi connectivity index (χ4n) is 2.60. The minimum absolute atomic E-state index is 0.175. The van der Waals surface area contributed by atoms with Crippen LogP contribution in [0.5, 0.6) is 5.75 Å². The Morgan fingerprint density at radius 1 is 1.50 bits per heavy atom. The molecule has 120 valence electrons. The fourth-order valence-corrected chi connectivity index (χ4v) is 2.77. The maximum absolute atomic E-state index is 12.2. The number of methoxy groups -OCH3 is 1. The quantitative estimate of drug-likeness (QED) is 0.859. The summed E-state index contributed by atoms with van der Waals surface area (Å²) in [5, 5.41) is 3.30. The molecule has 1 atom stereocenters. The number of rotatable bonds is 5. The second-order valence-electron chi connectivity index (χ2n) is 5.37. The van der Waals surface area contributed by atoms with Gasteiger partial charge in [-0.3, -0.25) is 14.5 Å². The molecule has 0 aliphatic carbocycles. The molecule has 0 radical (unpaired) electrons. The van der Waals surface area contributed by atoms with Crippen molar-refractivity contribution in [2.75, 3.05) is 32.1 Å². The molecular formula is C15H20ClN3O3. The maximum atomic E-state index is 12.2. The van der Waals surface area contributed by atoms with Gasteiger partial charge in [0.05, 0.1) is 25.3 Å². The number of halogens is 1. The minimum atomic E-state index is -0.304. The molecule has 1 fully saturated rings. The summed E-state index contributed by atoms with van der Waals surface area (Å²) < 4.78 is 5.19. The van der Waals surface area contributed by atoms with Gasteiger partial charge in [-0.15, -0.1) is 0 Å². The van der Waals surface area contributed by atoms with E-state index in [-0.39, 0.29) is 24.3 Å². The Morgan fingerprint density at radius 2 is 2.27 bits per heavy atom. The van der Waals surface area contributed by atoms with Crippen LogP contribution in [0.15, 0.2) is 18.2 Å². The summed E-state index contributed by atoms with van der Waals surface area (Å²) in [5.41, 5.74) is 5.87. The number of piperidine rings is 1. The first-order valence-corrected chi connectivity index (χ1v) is 7.52. The summed E-state index contributed by atoms with van der Waals surface area (Å²) in [4.78, 5) is 25.4. The second-order valence-corrected chi connectivity index (χ2v) is 5.81. The summed E-state index contributed by atoms with van der Waals surface area (Å²) >= 11 is 5.93. The molecule has 0 saturated carbocycles. The number of nitrogens with zero attached hydrogens (tertiary/aromatic N) is 1. The Hall–Kier alpha value is -1.79. The van der Waals surface area contributed by atoms with Gasteiger partial charge in [-0.25, -0.2) is 0 Å². The molecule has 0 bridgehead atoms. The number of carbonyl (C=O) groups excluding carboxylic acids is 2. The van der Waals surface area contributed by atoms with Crippen molar-refractivity contribution in [1.29, 1.82) is 0 Å². The highest BCUT2D eigenvalue weighted by molar-refractivity contribution is 6.31. The van der Waals surface area contributed by atoms with Crippen LogP contribution in [0, 0.1) is 5.92 Å². The highest BCUT2D eigenvalue weighted by Crippen LogP contribution is 2.27. The lowest BCUT2D eigenvalue weighted by atomic mass is 9.97. The largest absolute Gasteiger partial charge is 0.495 e. The summed E-state index contributed by atoms with van der Waals surface area (Å²) in [5.74, 6) is -0.110. The predicted molar refractivity (Wildman–Crippen MR) is 85.0 cm³/mol. The van der Waals surface area contributed by atoms with Crippen LogP contribution in [-0.4, -0.2) is 43.5 Å². The summed E-state index contributed by atoms with van der Waals surface area (Å²) in [7, 11) is 1.53. The van der Waals surface area contributed by atoms with E-state index in [1.54, 1.807) is 18.2 Å². The van der Waals surface area contributed by atoms with Crippen molar-refractivity contribution in [2.24, 2.45) is 11.7 Å². The smallest absolute Gasteiger partial charge is 0.238 e. The van der Waals surface area contributed by atoms with Crippen molar-refractivity contribution in [1.82, 2.24) is 4.90 Å². The average Bonchev–Trinajstić information content (AvgIpc) is 2.47. The zero-order chi connectivity index (χ0) is 16.1. The Balaban J connectivity index is 1.95. The van der Waals surface area contributed by atoms with Crippen LogP contribution in [0.3, 0.4) is 0 Å². The van der Waals surface area contributed by atoms with Gasteiger partial charge in [-0.05, 0) is 37.6 Å². The monoisotopic (exact) mass is 325 g/mol. The van der Waals surface area contributed by atoms with E-state index >= 15 is 0 Å². The molecule has 2 amide bonds. The van der Waals surface area contributed by atoms with Crippen LogP contribution in [-0.2, 0) is 9.59 Å². The van der Waals surface area contributed by atoms with E-state index in [2.05, 4.69) is 5.32 Å². The van der Waals surface area contributed by atoms with Crippen molar-refractivity contribution >= 4 is 29.1 Å². The summed E-state index contributed by atoms with van der Waals surface area (Å²) in [6.45, 7) is 1.51. The number of amides is 2. The first kappa shape index (κ1) is 16.6. The van der Waals surface area contributed by atoms with Gasteiger partial charge in [-0.1, -0.05) is 11.6 Å². The third-order valence-corrected chi connectivity index (χ3v) is 3.95. The predicted octanol–water partition coefficient (Wildman–Crippen LogP) is 1.48. The molecule has 1 saturated heterocycles. The van der Waals surface area contributed by atoms with Gasteiger partial charge in [0.25, 0.3) is 0 Å². The van der Waals surface area contributed by atoms with E-state index in [0.29, 0.717) is 23.0 Å². The van der Waals surface area contributed by atoms with Crippen LogP contribution in [0.1, 0.15) is 12.8 Å². The van der Waals surface area contributed by atoms with Crippen molar-refractivity contribution in [3.8, 4) is 5.75 Å². The zero-order valence-corrected chi connectivity index (χ0v) is 13.2. The molecule has 0 spiro atoms. The number of nitrogens with one attached hydrogen (secondary N) is 1. The first-order chi connectivity index (χ1) is 10.5. The number of benzene rings is 1. The third kappa shape index (κ3) is 4.35. The number of hydrogen-bond acceptors (Lipinski definition) is 4. The van der Waals surface area contributed by atoms with E-state index < -0.39 is 0 Å². The molecule has 0 unspecified atom stereocenters. The van der Waals surface area contributed by atoms with Crippen LogP contribution in [0.2, 0.25) is 5.02 Å². The van der Waals surface area contributed by atoms with Gasteiger partial charge in [0.2, 0.25) is 11.8 Å². The molecule has 3 N–H and O–H groups in total. The Morgan fingerprint density at radius 3 is 2.95 bits per heavy atom. The number of likely N-dealkylation sites (tertiary alicyclic amines) is 1. The number of primary amides is 1. The minimum Gasteiger partial charge on any atom is -0.495 e. The number of nitrogens with two attached hydrogens (primary N) is 1. The van der Waals surface area contributed by atoms with Gasteiger partial charge in [0.15, 0.2) is 0 Å². The summed E-state index contributed by atoms with van der Waals surface area (Å²) in [6.07, 6.45) is 1.65. The van der Waals surface area contributed by atoms with Gasteiger partial charge < -0.3 is 15.8 Å². The van der Waals surface area contributed by atoms with Gasteiger partial charge >= 0.3 is 0 Å². The molecule has 6 nitrogen and oxygen atoms in total. The SMILES string of the molecule is COc1ccc(Cl)cc1NC(=O)CN1CCC[C@@H](C(N)=O)C1. The highest BCUT2D eigenvalue weighted by Gasteiger charge is 2.25. The molecule has 0 aromatic heterocycles. The van der Waals surface area contributed by atoms with Crippen LogP contribution < -0.4 is 15.8 Å². The average molecular weight is 326 g/mol. The Labute approximate surface area is 134 Å². The molecule has 1 aromatic carbocycles. The van der Waals surface area contributed by atoms with Crippen molar-refractivity contribution in [3.05, 3.63) is 23.2 Å². The molecule has 1 aromatic rings. The fraction of sp³-hybridized carbons (Fsp3) is 0.467. The first-order valence-electron chi connectivity index (χ1n) is 7.14. The van der Waals surface area contributed by atoms with E-state index in [4.69, 9.17) is 22.1 Å². The highest BCUT2D eigenvalue weighted by atomic mass is 35.5. The zero-order valence-electron chi connectivity index (χ0n) is 12.5. The number of hydrogen-bond donors (Lipinski definition) is 2. The number of ether oxygens (including phenoxy) is 1. The lowest BCUT2D eigenvalue weighted by Gasteiger charge is -2.30. The normalized spacial score (nSPS) is 18.7. The molecule has 2 rings (SSSR count). The van der Waals surface area contributed by atoms with E-state index in [0.717, 1.165) is 19.4 Å². The number of anilines is 1. The van der Waals surface area contributed by atoms with E-state index in [9.17, 15) is 9.59 Å². The van der Waals surface area contributed by atoms with Crippen LogP contribution in [0.4, 0.5) is 5.69 Å². The van der Waals surface area contributed by atoms with Crippen molar-refractivity contribution < 1.29 is 14.3 Å². The number of carbonyl (C=O) groups is 2. The van der Waals surface area contributed by atoms with Gasteiger partial charge in [-0.2, -0.15) is 0 Å². The van der Waals surface area contributed by atoms with Crippen molar-refractivity contribution in [2.45, 2.75) is 12.8 Å². The third-order valence-electron chi connectivity index (χ3n) is 3.71. The molecule has 1 aliphatic rings. The second kappa shape index (κ2) is 7.47. The van der Waals surface area contributed by atoms with Gasteiger partial charge in [0, 0.05) is 11.6 Å².